The summed E-state index contributed by atoms with van der Waals surface area (Å²) in [5.74, 6) is 0.181. The van der Waals surface area contributed by atoms with Crippen molar-refractivity contribution in [2.24, 2.45) is 11.1 Å². The molecule has 0 bridgehead atoms. The summed E-state index contributed by atoms with van der Waals surface area (Å²) in [6, 6.07) is 7.53. The molecule has 2 rings (SSSR count). The average Bonchev–Trinajstić information content (AvgIpc) is 2.56. The fraction of sp³-hybridized carbons (Fsp3) is 0.625. The highest BCUT2D eigenvalue weighted by Gasteiger charge is 2.29. The second kappa shape index (κ2) is 5.97. The lowest BCUT2D eigenvalue weighted by Crippen LogP contribution is -2.35. The number of nitrogens with zero attached hydrogens (tertiary/aromatic N) is 1. The third-order valence-electron chi connectivity index (χ3n) is 3.93. The maximum atomic E-state index is 12.7. The predicted octanol–water partition coefficient (Wildman–Crippen LogP) is 3.05. The lowest BCUT2D eigenvalue weighted by Gasteiger charge is -2.27. The second-order valence-corrected chi connectivity index (χ2v) is 9.02. The van der Waals surface area contributed by atoms with Gasteiger partial charge in [0.05, 0.1) is 11.4 Å². The SMILES string of the molecule is CC(C)(C)CCS(=O)(=O)N1CCCC(N)c2ccccc21. The summed E-state index contributed by atoms with van der Waals surface area (Å²) in [6.45, 7) is 6.72. The maximum Gasteiger partial charge on any atom is 0.235 e. The van der Waals surface area contributed by atoms with E-state index in [9.17, 15) is 8.42 Å². The Balaban J connectivity index is 2.32. The summed E-state index contributed by atoms with van der Waals surface area (Å²) >= 11 is 0. The third kappa shape index (κ3) is 3.98. The highest BCUT2D eigenvalue weighted by molar-refractivity contribution is 7.92. The molecular formula is C16H26N2O2S. The van der Waals surface area contributed by atoms with Crippen LogP contribution in [0.2, 0.25) is 0 Å². The molecule has 1 unspecified atom stereocenters. The van der Waals surface area contributed by atoms with Gasteiger partial charge in [-0.05, 0) is 36.3 Å². The van der Waals surface area contributed by atoms with E-state index < -0.39 is 10.0 Å². The first-order chi connectivity index (χ1) is 9.71. The van der Waals surface area contributed by atoms with E-state index in [1.807, 2.05) is 24.3 Å². The van der Waals surface area contributed by atoms with Gasteiger partial charge in [-0.15, -0.1) is 0 Å². The van der Waals surface area contributed by atoms with E-state index in [0.717, 1.165) is 24.1 Å². The second-order valence-electron chi connectivity index (χ2n) is 7.01. The van der Waals surface area contributed by atoms with Gasteiger partial charge in [0.2, 0.25) is 10.0 Å². The van der Waals surface area contributed by atoms with Crippen molar-refractivity contribution in [2.75, 3.05) is 16.6 Å². The van der Waals surface area contributed by atoms with E-state index in [1.165, 1.54) is 0 Å². The van der Waals surface area contributed by atoms with Gasteiger partial charge in [0.15, 0.2) is 0 Å². The molecule has 0 radical (unpaired) electrons. The van der Waals surface area contributed by atoms with Crippen molar-refractivity contribution in [3.63, 3.8) is 0 Å². The van der Waals surface area contributed by atoms with Gasteiger partial charge in [0.25, 0.3) is 0 Å². The van der Waals surface area contributed by atoms with Gasteiger partial charge >= 0.3 is 0 Å². The van der Waals surface area contributed by atoms with Crippen molar-refractivity contribution in [2.45, 2.75) is 46.1 Å². The van der Waals surface area contributed by atoms with Crippen LogP contribution >= 0.6 is 0 Å². The van der Waals surface area contributed by atoms with Crippen LogP contribution in [0, 0.1) is 5.41 Å². The fourth-order valence-electron chi connectivity index (χ4n) is 2.59. The molecule has 0 amide bonds. The van der Waals surface area contributed by atoms with Crippen molar-refractivity contribution in [1.29, 1.82) is 0 Å². The molecule has 1 heterocycles. The van der Waals surface area contributed by atoms with Gasteiger partial charge in [-0.2, -0.15) is 0 Å². The summed E-state index contributed by atoms with van der Waals surface area (Å²) in [5.41, 5.74) is 7.88. The quantitative estimate of drug-likeness (QED) is 0.933. The number of benzene rings is 1. The molecule has 0 saturated carbocycles. The first kappa shape index (κ1) is 16.3. The van der Waals surface area contributed by atoms with Crippen LogP contribution in [0.4, 0.5) is 5.69 Å². The minimum atomic E-state index is -3.30. The van der Waals surface area contributed by atoms with Crippen molar-refractivity contribution in [3.05, 3.63) is 29.8 Å². The monoisotopic (exact) mass is 310 g/mol. The largest absolute Gasteiger partial charge is 0.324 e. The summed E-state index contributed by atoms with van der Waals surface area (Å²) in [6.07, 6.45) is 2.27. The van der Waals surface area contributed by atoms with E-state index in [0.29, 0.717) is 13.0 Å². The molecule has 0 spiro atoms. The normalized spacial score (nSPS) is 20.0. The van der Waals surface area contributed by atoms with Crippen LogP contribution in [0.1, 0.15) is 51.6 Å². The maximum absolute atomic E-state index is 12.7. The number of nitrogens with two attached hydrogens (primary N) is 1. The molecule has 1 aromatic rings. The molecule has 1 atom stereocenters. The minimum Gasteiger partial charge on any atom is -0.324 e. The van der Waals surface area contributed by atoms with Crippen LogP contribution < -0.4 is 10.0 Å². The Morgan fingerprint density at radius 3 is 2.62 bits per heavy atom. The van der Waals surface area contributed by atoms with Crippen molar-refractivity contribution in [3.8, 4) is 0 Å². The Morgan fingerprint density at radius 1 is 1.29 bits per heavy atom. The lowest BCUT2D eigenvalue weighted by atomic mass is 9.94. The van der Waals surface area contributed by atoms with Crippen LogP contribution in [-0.4, -0.2) is 20.7 Å². The zero-order chi connectivity index (χ0) is 15.7. The Morgan fingerprint density at radius 2 is 1.95 bits per heavy atom. The first-order valence-corrected chi connectivity index (χ1v) is 9.16. The average molecular weight is 310 g/mol. The van der Waals surface area contributed by atoms with Gasteiger partial charge < -0.3 is 5.73 Å². The molecule has 21 heavy (non-hydrogen) atoms. The van der Waals surface area contributed by atoms with E-state index in [-0.39, 0.29) is 17.2 Å². The Labute approximate surface area is 128 Å². The standard InChI is InChI=1S/C16H26N2O2S/c1-16(2,3)10-12-21(19,20)18-11-6-8-14(17)13-7-4-5-9-15(13)18/h4-5,7,9,14H,6,8,10-12,17H2,1-3H3. The van der Waals surface area contributed by atoms with Crippen LogP contribution in [-0.2, 0) is 10.0 Å². The van der Waals surface area contributed by atoms with Crippen LogP contribution in [0.3, 0.4) is 0 Å². The van der Waals surface area contributed by atoms with Crippen LogP contribution in [0.25, 0.3) is 0 Å². The Hall–Kier alpha value is -1.07. The Kier molecular flexibility index (Phi) is 4.63. The zero-order valence-corrected chi connectivity index (χ0v) is 14.0. The fourth-order valence-corrected chi connectivity index (χ4v) is 4.56. The first-order valence-electron chi connectivity index (χ1n) is 7.56. The van der Waals surface area contributed by atoms with Gasteiger partial charge in [0.1, 0.15) is 0 Å². The van der Waals surface area contributed by atoms with Crippen LogP contribution in [0.5, 0.6) is 0 Å². The van der Waals surface area contributed by atoms with E-state index in [4.69, 9.17) is 5.73 Å². The molecule has 0 saturated heterocycles. The highest BCUT2D eigenvalue weighted by atomic mass is 32.2. The van der Waals surface area contributed by atoms with Crippen LogP contribution in [0.15, 0.2) is 24.3 Å². The summed E-state index contributed by atoms with van der Waals surface area (Å²) in [4.78, 5) is 0. The molecule has 5 heteroatoms. The molecule has 0 aromatic heterocycles. The number of hydrogen-bond donors (Lipinski definition) is 1. The molecule has 4 nitrogen and oxygen atoms in total. The highest BCUT2D eigenvalue weighted by Crippen LogP contribution is 2.33. The molecular weight excluding hydrogens is 284 g/mol. The smallest absolute Gasteiger partial charge is 0.235 e. The van der Waals surface area contributed by atoms with Gasteiger partial charge in [-0.1, -0.05) is 39.0 Å². The van der Waals surface area contributed by atoms with E-state index in [2.05, 4.69) is 20.8 Å². The molecule has 118 valence electrons. The zero-order valence-electron chi connectivity index (χ0n) is 13.2. The number of para-hydroxylation sites is 1. The van der Waals surface area contributed by atoms with Crippen molar-refractivity contribution < 1.29 is 8.42 Å². The van der Waals surface area contributed by atoms with Crippen molar-refractivity contribution >= 4 is 15.7 Å². The number of sulfonamides is 1. The Bertz CT molecular complexity index is 591. The predicted molar refractivity (Wildman–Crippen MR) is 87.8 cm³/mol. The lowest BCUT2D eigenvalue weighted by molar-refractivity contribution is 0.397. The van der Waals surface area contributed by atoms with Gasteiger partial charge in [0, 0.05) is 12.6 Å². The molecule has 2 N–H and O–H groups in total. The molecule has 0 fully saturated rings. The number of anilines is 1. The molecule has 1 aliphatic heterocycles. The topological polar surface area (TPSA) is 63.4 Å². The summed E-state index contributed by atoms with van der Waals surface area (Å²) in [7, 11) is -3.30. The summed E-state index contributed by atoms with van der Waals surface area (Å²) < 4.78 is 27.0. The molecule has 0 aliphatic carbocycles. The minimum absolute atomic E-state index is 0.00877. The summed E-state index contributed by atoms with van der Waals surface area (Å²) in [5, 5.41) is 0. The number of hydrogen-bond acceptors (Lipinski definition) is 3. The number of rotatable bonds is 3. The van der Waals surface area contributed by atoms with Gasteiger partial charge in [-0.25, -0.2) is 8.42 Å². The van der Waals surface area contributed by atoms with E-state index in [1.54, 1.807) is 4.31 Å². The molecule has 1 aliphatic rings. The third-order valence-corrected chi connectivity index (χ3v) is 5.70. The van der Waals surface area contributed by atoms with Crippen molar-refractivity contribution in [1.82, 2.24) is 0 Å². The van der Waals surface area contributed by atoms with Gasteiger partial charge in [-0.3, -0.25) is 4.31 Å². The number of fused-ring (bicyclic) bond motifs is 1. The molecule has 1 aromatic carbocycles. The van der Waals surface area contributed by atoms with E-state index >= 15 is 0 Å².